The van der Waals surface area contributed by atoms with E-state index in [9.17, 15) is 0 Å². The largest absolute Gasteiger partial charge is 0.313 e. The third-order valence-electron chi connectivity index (χ3n) is 0.683. The van der Waals surface area contributed by atoms with Crippen LogP contribution in [0, 0.1) is 0 Å². The molecule has 0 rings (SSSR count). The molecule has 0 heterocycles. The van der Waals surface area contributed by atoms with Crippen LogP contribution in [0.15, 0.2) is 0 Å². The number of rotatable bonds is 3. The monoisotopic (exact) mass is 131 g/mol. The lowest BCUT2D eigenvalue weighted by atomic mass is 10.3. The molecule has 0 amide bonds. The van der Waals surface area contributed by atoms with Crippen LogP contribution < -0.4 is 16.6 Å². The summed E-state index contributed by atoms with van der Waals surface area (Å²) in [5, 5.41) is 0. The minimum Gasteiger partial charge on any atom is -0.313 e. The lowest BCUT2D eigenvalue weighted by Crippen LogP contribution is -2.56. The Morgan fingerprint density at radius 2 is 1.78 bits per heavy atom. The second kappa shape index (κ2) is 3.15. The van der Waals surface area contributed by atoms with Crippen LogP contribution in [0.2, 0.25) is 0 Å². The summed E-state index contributed by atoms with van der Waals surface area (Å²) in [5.41, 5.74) is 11.2. The summed E-state index contributed by atoms with van der Waals surface area (Å²) in [6, 6.07) is 0.424. The average Bonchev–Trinajstić information content (AvgIpc) is 1.59. The smallest absolute Gasteiger partial charge is 0.0735 e. The van der Waals surface area contributed by atoms with Gasteiger partial charge in [-0.25, -0.2) is 5.43 Å². The second-order valence-electron chi connectivity index (χ2n) is 3.15. The Labute approximate surface area is 57.0 Å². The fourth-order valence-electron chi connectivity index (χ4n) is 0.330. The summed E-state index contributed by atoms with van der Waals surface area (Å²) in [4.78, 5) is 0. The van der Waals surface area contributed by atoms with E-state index in [1.54, 1.807) is 0 Å². The van der Waals surface area contributed by atoms with E-state index in [0.29, 0.717) is 6.04 Å². The van der Waals surface area contributed by atoms with Gasteiger partial charge in [0.05, 0.1) is 5.66 Å². The van der Waals surface area contributed by atoms with E-state index in [2.05, 4.69) is 24.7 Å². The Hall–Kier alpha value is -0.120. The maximum atomic E-state index is 5.61. The number of hydrazine groups is 1. The highest BCUT2D eigenvalue weighted by molar-refractivity contribution is 4.65. The Morgan fingerprint density at radius 1 is 1.33 bits per heavy atom. The highest BCUT2D eigenvalue weighted by Gasteiger charge is 2.07. The lowest BCUT2D eigenvalue weighted by Gasteiger charge is -2.22. The molecule has 0 aromatic carbocycles. The molecule has 0 spiro atoms. The average molecular weight is 131 g/mol. The van der Waals surface area contributed by atoms with Crippen LogP contribution in [0.4, 0.5) is 0 Å². The quantitative estimate of drug-likeness (QED) is 0.378. The minimum atomic E-state index is -0.329. The molecule has 0 atom stereocenters. The molecule has 0 fully saturated rings. The number of hydrogen-bond acceptors (Lipinski definition) is 3. The van der Waals surface area contributed by atoms with Crippen molar-refractivity contribution in [2.24, 2.45) is 5.73 Å². The van der Waals surface area contributed by atoms with Gasteiger partial charge in [-0.2, -0.15) is 0 Å². The zero-order valence-corrected chi connectivity index (χ0v) is 6.65. The summed E-state index contributed by atoms with van der Waals surface area (Å²) in [7, 11) is 0. The third-order valence-corrected chi connectivity index (χ3v) is 0.683. The van der Waals surface area contributed by atoms with Gasteiger partial charge in [0.1, 0.15) is 0 Å². The summed E-state index contributed by atoms with van der Waals surface area (Å²) in [6.07, 6.45) is 0. The van der Waals surface area contributed by atoms with Gasteiger partial charge in [-0.3, -0.25) is 5.43 Å². The van der Waals surface area contributed by atoms with Crippen LogP contribution in [0.5, 0.6) is 0 Å². The zero-order valence-electron chi connectivity index (χ0n) is 6.65. The molecule has 0 aromatic heterocycles. The van der Waals surface area contributed by atoms with Gasteiger partial charge < -0.3 is 5.73 Å². The molecule has 3 heteroatoms. The maximum absolute atomic E-state index is 5.61. The van der Waals surface area contributed by atoms with Gasteiger partial charge in [0.2, 0.25) is 0 Å². The highest BCUT2D eigenvalue weighted by atomic mass is 15.4. The van der Waals surface area contributed by atoms with E-state index in [0.717, 1.165) is 0 Å². The first kappa shape index (κ1) is 8.88. The van der Waals surface area contributed by atoms with Crippen LogP contribution in [0.1, 0.15) is 27.7 Å². The van der Waals surface area contributed by atoms with Crippen molar-refractivity contribution in [3.05, 3.63) is 0 Å². The molecule has 0 saturated carbocycles. The van der Waals surface area contributed by atoms with Gasteiger partial charge in [-0.1, -0.05) is 0 Å². The number of nitrogens with two attached hydrogens (primary N) is 1. The molecule has 0 aliphatic heterocycles. The molecule has 0 radical (unpaired) electrons. The van der Waals surface area contributed by atoms with Gasteiger partial charge in [0, 0.05) is 6.04 Å². The van der Waals surface area contributed by atoms with E-state index >= 15 is 0 Å². The minimum absolute atomic E-state index is 0.329. The second-order valence-corrected chi connectivity index (χ2v) is 3.15. The molecule has 0 saturated heterocycles. The van der Waals surface area contributed by atoms with E-state index in [1.165, 1.54) is 0 Å². The first-order valence-electron chi connectivity index (χ1n) is 3.23. The Morgan fingerprint density at radius 3 is 1.89 bits per heavy atom. The van der Waals surface area contributed by atoms with E-state index in [-0.39, 0.29) is 5.66 Å². The van der Waals surface area contributed by atoms with Crippen molar-refractivity contribution in [3.63, 3.8) is 0 Å². The number of hydrogen-bond donors (Lipinski definition) is 3. The summed E-state index contributed by atoms with van der Waals surface area (Å²) in [6.45, 7) is 7.92. The zero-order chi connectivity index (χ0) is 7.49. The summed E-state index contributed by atoms with van der Waals surface area (Å²) in [5.74, 6) is 0. The van der Waals surface area contributed by atoms with Gasteiger partial charge in [-0.05, 0) is 27.7 Å². The normalized spacial score (nSPS) is 12.7. The summed E-state index contributed by atoms with van der Waals surface area (Å²) < 4.78 is 0. The van der Waals surface area contributed by atoms with Crippen molar-refractivity contribution in [2.75, 3.05) is 0 Å². The molecule has 9 heavy (non-hydrogen) atoms. The van der Waals surface area contributed by atoms with Crippen LogP contribution in [-0.4, -0.2) is 11.7 Å². The van der Waals surface area contributed by atoms with Crippen LogP contribution in [-0.2, 0) is 0 Å². The van der Waals surface area contributed by atoms with Crippen molar-refractivity contribution < 1.29 is 0 Å². The third kappa shape index (κ3) is 7.88. The molecular weight excluding hydrogens is 114 g/mol. The molecule has 0 aliphatic rings. The van der Waals surface area contributed by atoms with Crippen LogP contribution in [0.3, 0.4) is 0 Å². The molecule has 56 valence electrons. The Balaban J connectivity index is 3.28. The Kier molecular flexibility index (Phi) is 3.11. The van der Waals surface area contributed by atoms with Gasteiger partial charge in [0.15, 0.2) is 0 Å². The molecule has 0 unspecified atom stereocenters. The Bertz CT molecular complexity index is 72.9. The first-order valence-corrected chi connectivity index (χ1v) is 3.23. The lowest BCUT2D eigenvalue weighted by molar-refractivity contribution is 0.318. The van der Waals surface area contributed by atoms with E-state index < -0.39 is 0 Å². The first-order chi connectivity index (χ1) is 3.92. The standard InChI is InChI=1S/C6H17N3/c1-5(2)8-9-6(3,4)7/h5,8-9H,7H2,1-4H3. The van der Waals surface area contributed by atoms with Gasteiger partial charge in [-0.15, -0.1) is 0 Å². The molecule has 0 bridgehead atoms. The summed E-state index contributed by atoms with van der Waals surface area (Å²) >= 11 is 0. The van der Waals surface area contributed by atoms with Gasteiger partial charge in [0.25, 0.3) is 0 Å². The van der Waals surface area contributed by atoms with Gasteiger partial charge >= 0.3 is 0 Å². The predicted octanol–water partition coefficient (Wildman–Crippen LogP) is 0.184. The van der Waals surface area contributed by atoms with Crippen molar-refractivity contribution in [1.82, 2.24) is 10.9 Å². The maximum Gasteiger partial charge on any atom is 0.0735 e. The molecular formula is C6H17N3. The van der Waals surface area contributed by atoms with Crippen LogP contribution in [0.25, 0.3) is 0 Å². The van der Waals surface area contributed by atoms with Crippen molar-refractivity contribution >= 4 is 0 Å². The van der Waals surface area contributed by atoms with E-state index in [1.807, 2.05) is 13.8 Å². The van der Waals surface area contributed by atoms with Crippen molar-refractivity contribution in [3.8, 4) is 0 Å². The fourth-order valence-corrected chi connectivity index (χ4v) is 0.330. The van der Waals surface area contributed by atoms with Crippen LogP contribution >= 0.6 is 0 Å². The van der Waals surface area contributed by atoms with Crippen molar-refractivity contribution in [2.45, 2.75) is 39.4 Å². The fraction of sp³-hybridized carbons (Fsp3) is 1.00. The molecule has 3 nitrogen and oxygen atoms in total. The molecule has 0 aromatic rings. The molecule has 4 N–H and O–H groups in total. The van der Waals surface area contributed by atoms with E-state index in [4.69, 9.17) is 5.73 Å². The topological polar surface area (TPSA) is 50.1 Å². The number of nitrogens with one attached hydrogen (secondary N) is 2. The van der Waals surface area contributed by atoms with Crippen molar-refractivity contribution in [1.29, 1.82) is 0 Å². The SMILES string of the molecule is CC(C)NNC(C)(C)N. The predicted molar refractivity (Wildman–Crippen MR) is 39.7 cm³/mol. The molecule has 0 aliphatic carbocycles. The highest BCUT2D eigenvalue weighted by Crippen LogP contribution is 1.86.